The lowest BCUT2D eigenvalue weighted by Crippen LogP contribution is -2.03. The van der Waals surface area contributed by atoms with Gasteiger partial charge in [0.15, 0.2) is 0 Å². The zero-order valence-electron chi connectivity index (χ0n) is 11.0. The van der Waals surface area contributed by atoms with Gasteiger partial charge in [0.1, 0.15) is 17.7 Å². The van der Waals surface area contributed by atoms with Crippen molar-refractivity contribution >= 4 is 11.6 Å². The average Bonchev–Trinajstić information content (AvgIpc) is 2.88. The maximum atomic E-state index is 13.3. The Bertz CT molecular complexity index is 670. The number of rotatable bonds is 2. The van der Waals surface area contributed by atoms with E-state index in [-0.39, 0.29) is 5.82 Å². The molecule has 4 heteroatoms. The fraction of sp³-hybridized carbons (Fsp3) is 0.250. The molecule has 0 radical (unpaired) electrons. The molecule has 0 aliphatic carbocycles. The predicted molar refractivity (Wildman–Crippen MR) is 75.8 cm³/mol. The molecule has 0 fully saturated rings. The molecule has 0 saturated carbocycles. The van der Waals surface area contributed by atoms with Crippen LogP contribution < -0.4 is 4.74 Å². The molecule has 1 unspecified atom stereocenters. The second-order valence-corrected chi connectivity index (χ2v) is 5.43. The van der Waals surface area contributed by atoms with Crippen LogP contribution in [0.2, 0.25) is 5.02 Å². The smallest absolute Gasteiger partial charge is 0.128 e. The van der Waals surface area contributed by atoms with E-state index >= 15 is 0 Å². The highest BCUT2D eigenvalue weighted by Crippen LogP contribution is 2.38. The van der Waals surface area contributed by atoms with Crippen molar-refractivity contribution in [1.82, 2.24) is 0 Å². The second-order valence-electron chi connectivity index (χ2n) is 4.99. The molecule has 0 saturated heterocycles. The van der Waals surface area contributed by atoms with Gasteiger partial charge in [-0.2, -0.15) is 0 Å². The number of aliphatic hydroxyl groups excluding tert-OH is 1. The first-order valence-corrected chi connectivity index (χ1v) is 6.83. The lowest BCUT2D eigenvalue weighted by atomic mass is 9.97. The molecule has 1 N–H and O–H groups in total. The molecule has 1 aliphatic rings. The van der Waals surface area contributed by atoms with Crippen molar-refractivity contribution in [2.24, 2.45) is 0 Å². The van der Waals surface area contributed by atoms with Crippen LogP contribution in [0.15, 0.2) is 30.3 Å². The summed E-state index contributed by atoms with van der Waals surface area (Å²) in [5, 5.41) is 11.1. The van der Waals surface area contributed by atoms with Crippen molar-refractivity contribution < 1.29 is 14.2 Å². The van der Waals surface area contributed by atoms with Gasteiger partial charge in [0.2, 0.25) is 0 Å². The fourth-order valence-electron chi connectivity index (χ4n) is 2.52. The molecule has 0 aromatic heterocycles. The van der Waals surface area contributed by atoms with Crippen molar-refractivity contribution in [3.05, 3.63) is 63.4 Å². The number of aryl methyl sites for hydroxylation is 1. The Hall–Kier alpha value is -1.58. The van der Waals surface area contributed by atoms with E-state index in [0.717, 1.165) is 12.0 Å². The van der Waals surface area contributed by atoms with Crippen molar-refractivity contribution in [2.75, 3.05) is 6.61 Å². The highest BCUT2D eigenvalue weighted by atomic mass is 35.5. The molecule has 20 heavy (non-hydrogen) atoms. The van der Waals surface area contributed by atoms with Crippen LogP contribution in [0.4, 0.5) is 4.39 Å². The van der Waals surface area contributed by atoms with Gasteiger partial charge in [-0.25, -0.2) is 4.39 Å². The Balaban J connectivity index is 2.06. The van der Waals surface area contributed by atoms with Crippen LogP contribution in [0, 0.1) is 12.7 Å². The van der Waals surface area contributed by atoms with Crippen LogP contribution in [0.5, 0.6) is 5.75 Å². The van der Waals surface area contributed by atoms with E-state index in [9.17, 15) is 9.50 Å². The Kier molecular flexibility index (Phi) is 3.40. The molecular formula is C16H14ClFO2. The summed E-state index contributed by atoms with van der Waals surface area (Å²) in [7, 11) is 0. The maximum absolute atomic E-state index is 13.3. The number of hydrogen-bond acceptors (Lipinski definition) is 2. The van der Waals surface area contributed by atoms with E-state index in [4.69, 9.17) is 16.3 Å². The first kappa shape index (κ1) is 13.4. The van der Waals surface area contributed by atoms with Gasteiger partial charge in [0, 0.05) is 17.0 Å². The molecule has 1 aliphatic heterocycles. The van der Waals surface area contributed by atoms with Crippen LogP contribution in [-0.4, -0.2) is 11.7 Å². The highest BCUT2D eigenvalue weighted by Gasteiger charge is 2.23. The van der Waals surface area contributed by atoms with Crippen molar-refractivity contribution in [1.29, 1.82) is 0 Å². The third-order valence-electron chi connectivity index (χ3n) is 3.57. The average molecular weight is 293 g/mol. The van der Waals surface area contributed by atoms with E-state index < -0.39 is 6.10 Å². The summed E-state index contributed by atoms with van der Waals surface area (Å²) in [4.78, 5) is 0. The van der Waals surface area contributed by atoms with Crippen molar-refractivity contribution in [3.63, 3.8) is 0 Å². The maximum Gasteiger partial charge on any atom is 0.128 e. The van der Waals surface area contributed by atoms with E-state index in [2.05, 4.69) is 0 Å². The topological polar surface area (TPSA) is 29.5 Å². The third kappa shape index (κ3) is 2.28. The van der Waals surface area contributed by atoms with Crippen LogP contribution in [0.1, 0.15) is 28.4 Å². The zero-order chi connectivity index (χ0) is 14.3. The summed E-state index contributed by atoms with van der Waals surface area (Å²) >= 11 is 6.09. The van der Waals surface area contributed by atoms with Gasteiger partial charge in [-0.05, 0) is 41.8 Å². The van der Waals surface area contributed by atoms with Gasteiger partial charge < -0.3 is 9.84 Å². The van der Waals surface area contributed by atoms with Gasteiger partial charge in [-0.3, -0.25) is 0 Å². The summed E-state index contributed by atoms with van der Waals surface area (Å²) in [6.07, 6.45) is -0.0854. The Morgan fingerprint density at radius 2 is 2.10 bits per heavy atom. The normalized spacial score (nSPS) is 14.8. The zero-order valence-corrected chi connectivity index (χ0v) is 11.7. The van der Waals surface area contributed by atoms with Gasteiger partial charge in [0.05, 0.1) is 6.61 Å². The Morgan fingerprint density at radius 3 is 2.85 bits per heavy atom. The molecule has 2 nitrogen and oxygen atoms in total. The largest absolute Gasteiger partial charge is 0.493 e. The molecule has 2 aromatic carbocycles. The number of halogens is 2. The number of ether oxygens (including phenoxy) is 1. The van der Waals surface area contributed by atoms with E-state index in [1.807, 2.05) is 6.07 Å². The molecule has 1 atom stereocenters. The number of hydrogen-bond donors (Lipinski definition) is 1. The van der Waals surface area contributed by atoms with Crippen LogP contribution >= 0.6 is 11.6 Å². The van der Waals surface area contributed by atoms with Gasteiger partial charge >= 0.3 is 0 Å². The van der Waals surface area contributed by atoms with Crippen LogP contribution in [0.3, 0.4) is 0 Å². The third-order valence-corrected chi connectivity index (χ3v) is 3.79. The summed E-state index contributed by atoms with van der Waals surface area (Å²) in [5.41, 5.74) is 2.77. The van der Waals surface area contributed by atoms with E-state index in [1.165, 1.54) is 6.07 Å². The predicted octanol–water partition coefficient (Wildman–Crippen LogP) is 3.80. The molecule has 0 amide bonds. The van der Waals surface area contributed by atoms with Crippen LogP contribution in [-0.2, 0) is 6.42 Å². The summed E-state index contributed by atoms with van der Waals surface area (Å²) in [6.45, 7) is 2.27. The second kappa shape index (κ2) is 5.08. The van der Waals surface area contributed by atoms with Gasteiger partial charge in [-0.1, -0.05) is 23.7 Å². The number of fused-ring (bicyclic) bond motifs is 1. The number of aliphatic hydroxyl groups is 1. The van der Waals surface area contributed by atoms with Crippen molar-refractivity contribution in [3.8, 4) is 5.75 Å². The minimum Gasteiger partial charge on any atom is -0.493 e. The molecule has 104 valence electrons. The Labute approximate surface area is 121 Å². The van der Waals surface area contributed by atoms with E-state index in [0.29, 0.717) is 34.1 Å². The summed E-state index contributed by atoms with van der Waals surface area (Å²) in [5.74, 6) is 0.414. The summed E-state index contributed by atoms with van der Waals surface area (Å²) in [6, 6.07) is 8.14. The van der Waals surface area contributed by atoms with E-state index in [1.54, 1.807) is 25.1 Å². The first-order chi connectivity index (χ1) is 9.56. The standard InChI is InChI=1S/C16H14ClFO2/c1-9-6-10(2-3-14(9)18)15(19)13-8-12(17)7-11-4-5-20-16(11)13/h2-3,6-8,15,19H,4-5H2,1H3. The molecule has 3 rings (SSSR count). The SMILES string of the molecule is Cc1cc(C(O)c2cc(Cl)cc3c2OCC3)ccc1F. The molecule has 2 aromatic rings. The highest BCUT2D eigenvalue weighted by molar-refractivity contribution is 6.30. The minimum atomic E-state index is -0.875. The lowest BCUT2D eigenvalue weighted by Gasteiger charge is -2.16. The first-order valence-electron chi connectivity index (χ1n) is 6.45. The number of benzene rings is 2. The van der Waals surface area contributed by atoms with Crippen LogP contribution in [0.25, 0.3) is 0 Å². The molecule has 1 heterocycles. The Morgan fingerprint density at radius 1 is 1.30 bits per heavy atom. The van der Waals surface area contributed by atoms with Gasteiger partial charge in [-0.15, -0.1) is 0 Å². The summed E-state index contributed by atoms with van der Waals surface area (Å²) < 4.78 is 18.9. The molecule has 0 bridgehead atoms. The lowest BCUT2D eigenvalue weighted by molar-refractivity contribution is 0.213. The minimum absolute atomic E-state index is 0.284. The van der Waals surface area contributed by atoms with Gasteiger partial charge in [0.25, 0.3) is 0 Å². The monoisotopic (exact) mass is 292 g/mol. The van der Waals surface area contributed by atoms with Crippen molar-refractivity contribution in [2.45, 2.75) is 19.4 Å². The molecular weight excluding hydrogens is 279 g/mol. The fourth-order valence-corrected chi connectivity index (χ4v) is 2.77. The quantitative estimate of drug-likeness (QED) is 0.912. The molecule has 0 spiro atoms.